The molecular formula is C17H22ClNO6. The van der Waals surface area contributed by atoms with Gasteiger partial charge in [-0.3, -0.25) is 4.79 Å². The zero-order valence-corrected chi connectivity index (χ0v) is 15.0. The Labute approximate surface area is 151 Å². The summed E-state index contributed by atoms with van der Waals surface area (Å²) >= 11 is 5.88. The summed E-state index contributed by atoms with van der Waals surface area (Å²) in [6, 6.07) is 5.95. The van der Waals surface area contributed by atoms with Gasteiger partial charge in [0.25, 0.3) is 0 Å². The molecule has 0 bridgehead atoms. The number of rotatable bonds is 3. The van der Waals surface area contributed by atoms with Gasteiger partial charge in [-0.25, -0.2) is 0 Å². The molecule has 2 aliphatic rings. The number of amides is 1. The molecule has 138 valence electrons. The van der Waals surface area contributed by atoms with Crippen molar-refractivity contribution in [2.75, 3.05) is 6.61 Å². The van der Waals surface area contributed by atoms with Crippen LogP contribution in [0.1, 0.15) is 20.8 Å². The van der Waals surface area contributed by atoms with E-state index in [4.69, 9.17) is 30.5 Å². The first-order chi connectivity index (χ1) is 11.7. The van der Waals surface area contributed by atoms with Gasteiger partial charge in [-0.05, 0) is 38.1 Å². The number of aliphatic hydroxyl groups is 1. The van der Waals surface area contributed by atoms with Crippen LogP contribution in [0.25, 0.3) is 0 Å². The second kappa shape index (κ2) is 7.09. The zero-order chi connectivity index (χ0) is 18.2. The van der Waals surface area contributed by atoms with Gasteiger partial charge >= 0.3 is 0 Å². The van der Waals surface area contributed by atoms with Crippen molar-refractivity contribution in [3.05, 3.63) is 29.3 Å². The number of hydrogen-bond donors (Lipinski definition) is 2. The maximum Gasteiger partial charge on any atom is 0.223 e. The number of benzene rings is 1. The zero-order valence-electron chi connectivity index (χ0n) is 14.3. The minimum Gasteiger partial charge on any atom is -0.463 e. The first kappa shape index (κ1) is 18.4. The van der Waals surface area contributed by atoms with Crippen LogP contribution in [0.15, 0.2) is 24.3 Å². The summed E-state index contributed by atoms with van der Waals surface area (Å²) < 4.78 is 23.1. The van der Waals surface area contributed by atoms with Crippen LogP contribution < -0.4 is 10.1 Å². The summed E-state index contributed by atoms with van der Waals surface area (Å²) in [4.78, 5) is 11.6. The fourth-order valence-corrected chi connectivity index (χ4v) is 3.11. The van der Waals surface area contributed by atoms with Crippen LogP contribution in [0.5, 0.6) is 5.75 Å². The highest BCUT2D eigenvalue weighted by atomic mass is 35.5. The number of hydrogen-bond acceptors (Lipinski definition) is 6. The van der Waals surface area contributed by atoms with Crippen LogP contribution >= 0.6 is 11.6 Å². The lowest BCUT2D eigenvalue weighted by Crippen LogP contribution is -2.69. The Bertz CT molecular complexity index is 622. The topological polar surface area (TPSA) is 86.3 Å². The summed E-state index contributed by atoms with van der Waals surface area (Å²) in [6.07, 6.45) is -3.05. The summed E-state index contributed by atoms with van der Waals surface area (Å²) in [5, 5.41) is 14.0. The molecule has 0 aromatic heterocycles. The van der Waals surface area contributed by atoms with E-state index in [1.807, 2.05) is 0 Å². The SMILES string of the molecule is CC(=O)N[C@@H]1[C@H](Oc2ccc(Cl)cc2)O[C@@H]2COC(C)(C)O[C@@H]2[C@@H]1O. The van der Waals surface area contributed by atoms with Crippen LogP contribution in [-0.2, 0) is 19.0 Å². The Morgan fingerprint density at radius 1 is 1.36 bits per heavy atom. The normalized spacial score (nSPS) is 34.0. The molecule has 2 heterocycles. The Balaban J connectivity index is 1.80. The number of nitrogens with one attached hydrogen (secondary N) is 1. The lowest BCUT2D eigenvalue weighted by Gasteiger charge is -2.49. The number of ether oxygens (including phenoxy) is 4. The molecule has 7 nitrogen and oxygen atoms in total. The van der Waals surface area contributed by atoms with Crippen LogP contribution in [0.4, 0.5) is 0 Å². The van der Waals surface area contributed by atoms with E-state index in [0.29, 0.717) is 10.8 Å². The smallest absolute Gasteiger partial charge is 0.223 e. The van der Waals surface area contributed by atoms with Crippen molar-refractivity contribution in [2.24, 2.45) is 0 Å². The van der Waals surface area contributed by atoms with E-state index in [-0.39, 0.29) is 12.5 Å². The van der Waals surface area contributed by atoms with Crippen molar-refractivity contribution in [3.8, 4) is 5.75 Å². The molecule has 5 atom stereocenters. The second-order valence-corrected chi connectivity index (χ2v) is 7.06. The van der Waals surface area contributed by atoms with Gasteiger partial charge in [0.15, 0.2) is 5.79 Å². The summed E-state index contributed by atoms with van der Waals surface area (Å²) in [5.74, 6) is -0.633. The van der Waals surface area contributed by atoms with Crippen molar-refractivity contribution in [2.45, 2.75) is 57.2 Å². The molecule has 2 aliphatic heterocycles. The average molecular weight is 372 g/mol. The van der Waals surface area contributed by atoms with Gasteiger partial charge in [-0.2, -0.15) is 0 Å². The van der Waals surface area contributed by atoms with Crippen molar-refractivity contribution in [1.29, 1.82) is 0 Å². The van der Waals surface area contributed by atoms with Gasteiger partial charge in [-0.1, -0.05) is 11.6 Å². The lowest BCUT2D eigenvalue weighted by atomic mass is 9.95. The van der Waals surface area contributed by atoms with Gasteiger partial charge in [0.2, 0.25) is 12.2 Å². The van der Waals surface area contributed by atoms with Gasteiger partial charge in [0.1, 0.15) is 30.1 Å². The van der Waals surface area contributed by atoms with Crippen LogP contribution in [0.2, 0.25) is 5.02 Å². The average Bonchev–Trinajstić information content (AvgIpc) is 2.53. The van der Waals surface area contributed by atoms with Crippen molar-refractivity contribution < 1.29 is 28.8 Å². The maximum atomic E-state index is 11.6. The third-order valence-corrected chi connectivity index (χ3v) is 4.38. The molecule has 0 aliphatic carbocycles. The van der Waals surface area contributed by atoms with Gasteiger partial charge in [-0.15, -0.1) is 0 Å². The Hall–Kier alpha value is -1.38. The van der Waals surface area contributed by atoms with Crippen LogP contribution in [-0.4, -0.2) is 54.1 Å². The predicted molar refractivity (Wildman–Crippen MR) is 89.3 cm³/mol. The van der Waals surface area contributed by atoms with E-state index < -0.39 is 36.4 Å². The van der Waals surface area contributed by atoms with Crippen LogP contribution in [0.3, 0.4) is 0 Å². The third-order valence-electron chi connectivity index (χ3n) is 4.12. The summed E-state index contributed by atoms with van der Waals surface area (Å²) in [7, 11) is 0. The van der Waals surface area contributed by atoms with E-state index in [2.05, 4.69) is 5.32 Å². The highest BCUT2D eigenvalue weighted by Gasteiger charge is 2.52. The molecular weight excluding hydrogens is 350 g/mol. The number of fused-ring (bicyclic) bond motifs is 1. The quantitative estimate of drug-likeness (QED) is 0.836. The number of carbonyl (C=O) groups is 1. The number of halogens is 1. The molecule has 1 aromatic carbocycles. The van der Waals surface area contributed by atoms with Crippen molar-refractivity contribution in [3.63, 3.8) is 0 Å². The Kier molecular flexibility index (Phi) is 5.22. The standard InChI is InChI=1S/C17H22ClNO6/c1-9(20)19-13-14(21)15-12(8-22-17(2,3)25-15)24-16(13)23-11-6-4-10(18)5-7-11/h4-7,12-16,21H,8H2,1-3H3,(H,19,20)/t12-,13+,14-,15+,16-/m1/s1. The molecule has 0 unspecified atom stereocenters. The van der Waals surface area contributed by atoms with Crippen molar-refractivity contribution in [1.82, 2.24) is 5.32 Å². The molecule has 0 radical (unpaired) electrons. The number of carbonyl (C=O) groups excluding carboxylic acids is 1. The van der Waals surface area contributed by atoms with E-state index >= 15 is 0 Å². The third kappa shape index (κ3) is 4.24. The predicted octanol–water partition coefficient (Wildman–Crippen LogP) is 1.46. The fraction of sp³-hybridized carbons (Fsp3) is 0.588. The molecule has 25 heavy (non-hydrogen) atoms. The van der Waals surface area contributed by atoms with E-state index in [0.717, 1.165) is 0 Å². The van der Waals surface area contributed by atoms with E-state index in [1.165, 1.54) is 6.92 Å². The highest BCUT2D eigenvalue weighted by Crippen LogP contribution is 2.33. The molecule has 2 fully saturated rings. The Morgan fingerprint density at radius 2 is 2.04 bits per heavy atom. The monoisotopic (exact) mass is 371 g/mol. The molecule has 3 rings (SSSR count). The molecule has 0 saturated carbocycles. The molecule has 2 N–H and O–H groups in total. The molecule has 1 amide bonds. The minimum atomic E-state index is -1.01. The highest BCUT2D eigenvalue weighted by molar-refractivity contribution is 6.30. The Morgan fingerprint density at radius 3 is 2.68 bits per heavy atom. The molecule has 2 saturated heterocycles. The summed E-state index contributed by atoms with van der Waals surface area (Å²) in [5.41, 5.74) is 0. The first-order valence-electron chi connectivity index (χ1n) is 8.10. The number of aliphatic hydroxyl groups excluding tert-OH is 1. The van der Waals surface area contributed by atoms with Crippen molar-refractivity contribution >= 4 is 17.5 Å². The van der Waals surface area contributed by atoms with E-state index in [9.17, 15) is 9.90 Å². The fourth-order valence-electron chi connectivity index (χ4n) is 2.98. The minimum absolute atomic E-state index is 0.252. The van der Waals surface area contributed by atoms with Gasteiger partial charge in [0.05, 0.1) is 6.61 Å². The van der Waals surface area contributed by atoms with Gasteiger partial charge in [0, 0.05) is 11.9 Å². The molecule has 8 heteroatoms. The van der Waals surface area contributed by atoms with Gasteiger partial charge < -0.3 is 29.4 Å². The summed E-state index contributed by atoms with van der Waals surface area (Å²) in [6.45, 7) is 5.15. The first-order valence-corrected chi connectivity index (χ1v) is 8.47. The largest absolute Gasteiger partial charge is 0.463 e. The molecule has 1 aromatic rings. The van der Waals surface area contributed by atoms with E-state index in [1.54, 1.807) is 38.1 Å². The molecule has 0 spiro atoms. The second-order valence-electron chi connectivity index (χ2n) is 6.62. The van der Waals surface area contributed by atoms with Crippen LogP contribution in [0, 0.1) is 0 Å². The maximum absolute atomic E-state index is 11.6. The lowest BCUT2D eigenvalue weighted by molar-refractivity contribution is -0.361.